The fraction of sp³-hybridized carbons (Fsp3) is 0.850. The number of unbranched alkanes of at least 4 members (excludes halogenated alkanes) is 1. The van der Waals surface area contributed by atoms with Gasteiger partial charge in [0.05, 0.1) is 7.11 Å². The summed E-state index contributed by atoms with van der Waals surface area (Å²) in [4.78, 5) is 11.0. The van der Waals surface area contributed by atoms with Gasteiger partial charge in [-0.15, -0.1) is 0 Å². The van der Waals surface area contributed by atoms with Crippen LogP contribution in [0.3, 0.4) is 0 Å². The van der Waals surface area contributed by atoms with Gasteiger partial charge in [0.2, 0.25) is 0 Å². The van der Waals surface area contributed by atoms with Crippen molar-refractivity contribution in [2.24, 2.45) is 17.8 Å². The molecule has 2 saturated carbocycles. The second-order valence-electron chi connectivity index (χ2n) is 7.50. The van der Waals surface area contributed by atoms with Crippen molar-refractivity contribution in [3.8, 4) is 0 Å². The molecule has 4 atom stereocenters. The van der Waals surface area contributed by atoms with E-state index in [1.54, 1.807) is 5.57 Å². The summed E-state index contributed by atoms with van der Waals surface area (Å²) in [5.74, 6) is 1.96. The first kappa shape index (κ1) is 20.4. The number of ether oxygens (including phenoxy) is 2. The summed E-state index contributed by atoms with van der Waals surface area (Å²) in [5, 5.41) is 18.0. The summed E-state index contributed by atoms with van der Waals surface area (Å²) in [7, 11) is 1.44. The monoisotopic (exact) mass is 354 g/mol. The minimum absolute atomic E-state index is 0.114. The van der Waals surface area contributed by atoms with Crippen LogP contribution in [0.2, 0.25) is 0 Å². The number of hydrogen-bond donors (Lipinski definition) is 2. The molecule has 0 radical (unpaired) electrons. The van der Waals surface area contributed by atoms with Gasteiger partial charge in [-0.05, 0) is 75.5 Å². The SMILES string of the molecule is COC(=O)CCC/C=C1\C[C@H]2CCC(CO)[C@H]2C1.OC1CCCCO1. The van der Waals surface area contributed by atoms with E-state index >= 15 is 0 Å². The summed E-state index contributed by atoms with van der Waals surface area (Å²) >= 11 is 0. The lowest BCUT2D eigenvalue weighted by Gasteiger charge is -2.16. The molecular formula is C20H34O5. The Hall–Kier alpha value is -0.910. The Bertz CT molecular complexity index is 428. The zero-order valence-electron chi connectivity index (χ0n) is 15.5. The molecule has 0 aromatic carbocycles. The number of hydrogen-bond acceptors (Lipinski definition) is 5. The van der Waals surface area contributed by atoms with Gasteiger partial charge in [0.25, 0.3) is 0 Å². The molecule has 0 amide bonds. The van der Waals surface area contributed by atoms with E-state index in [-0.39, 0.29) is 5.97 Å². The second-order valence-corrected chi connectivity index (χ2v) is 7.50. The van der Waals surface area contributed by atoms with Crippen molar-refractivity contribution in [1.29, 1.82) is 0 Å². The summed E-state index contributed by atoms with van der Waals surface area (Å²) in [6, 6.07) is 0. The molecule has 0 aromatic heterocycles. The third-order valence-corrected chi connectivity index (χ3v) is 5.78. The molecule has 1 aliphatic heterocycles. The molecule has 1 heterocycles. The topological polar surface area (TPSA) is 76.0 Å². The average Bonchev–Trinajstić information content (AvgIpc) is 3.19. The van der Waals surface area contributed by atoms with Gasteiger partial charge >= 0.3 is 5.97 Å². The van der Waals surface area contributed by atoms with Gasteiger partial charge in [-0.3, -0.25) is 4.79 Å². The number of methoxy groups -OCH3 is 1. The van der Waals surface area contributed by atoms with E-state index in [0.717, 1.165) is 50.5 Å². The molecule has 25 heavy (non-hydrogen) atoms. The number of rotatable bonds is 5. The zero-order chi connectivity index (χ0) is 18.1. The van der Waals surface area contributed by atoms with E-state index in [2.05, 4.69) is 10.8 Å². The molecule has 2 unspecified atom stereocenters. The Kier molecular flexibility index (Phi) is 8.93. The van der Waals surface area contributed by atoms with Crippen molar-refractivity contribution in [3.05, 3.63) is 11.6 Å². The van der Waals surface area contributed by atoms with Crippen LogP contribution in [0.4, 0.5) is 0 Å². The highest BCUT2D eigenvalue weighted by atomic mass is 16.6. The maximum Gasteiger partial charge on any atom is 0.305 e. The molecule has 2 N–H and O–H groups in total. The van der Waals surface area contributed by atoms with Gasteiger partial charge in [-0.2, -0.15) is 0 Å². The highest BCUT2D eigenvalue weighted by Crippen LogP contribution is 2.49. The Morgan fingerprint density at radius 3 is 2.72 bits per heavy atom. The van der Waals surface area contributed by atoms with Crippen molar-refractivity contribution >= 4 is 5.97 Å². The average molecular weight is 354 g/mol. The maximum atomic E-state index is 11.0. The fourth-order valence-corrected chi connectivity index (χ4v) is 4.32. The lowest BCUT2D eigenvalue weighted by Crippen LogP contribution is -2.17. The number of carbonyl (C=O) groups excluding carboxylic acids is 1. The summed E-state index contributed by atoms with van der Waals surface area (Å²) in [6.45, 7) is 1.10. The number of allylic oxidation sites excluding steroid dienone is 2. The van der Waals surface area contributed by atoms with Crippen LogP contribution in [-0.2, 0) is 14.3 Å². The molecule has 3 fully saturated rings. The number of esters is 1. The number of fused-ring (bicyclic) bond motifs is 1. The normalized spacial score (nSPS) is 32.8. The quantitative estimate of drug-likeness (QED) is 0.450. The molecule has 144 valence electrons. The van der Waals surface area contributed by atoms with Crippen LogP contribution in [0, 0.1) is 17.8 Å². The van der Waals surface area contributed by atoms with E-state index in [9.17, 15) is 9.90 Å². The molecule has 5 nitrogen and oxygen atoms in total. The summed E-state index contributed by atoms with van der Waals surface area (Å²) in [5.41, 5.74) is 1.55. The Morgan fingerprint density at radius 2 is 2.12 bits per heavy atom. The molecular weight excluding hydrogens is 320 g/mol. The molecule has 5 heteroatoms. The van der Waals surface area contributed by atoms with Gasteiger partial charge in [0.1, 0.15) is 0 Å². The first-order valence-electron chi connectivity index (χ1n) is 9.79. The van der Waals surface area contributed by atoms with Crippen LogP contribution in [0.5, 0.6) is 0 Å². The number of carbonyl (C=O) groups is 1. The lowest BCUT2D eigenvalue weighted by atomic mass is 9.92. The van der Waals surface area contributed by atoms with E-state index in [1.165, 1.54) is 32.8 Å². The Labute approximate surface area is 151 Å². The molecule has 0 bridgehead atoms. The van der Waals surface area contributed by atoms with Crippen LogP contribution < -0.4 is 0 Å². The van der Waals surface area contributed by atoms with Gasteiger partial charge in [0, 0.05) is 19.6 Å². The molecule has 3 aliphatic rings. The third kappa shape index (κ3) is 6.72. The van der Waals surface area contributed by atoms with Gasteiger partial charge in [0.15, 0.2) is 6.29 Å². The van der Waals surface area contributed by atoms with E-state index in [1.807, 2.05) is 0 Å². The minimum Gasteiger partial charge on any atom is -0.469 e. The first-order chi connectivity index (χ1) is 12.1. The van der Waals surface area contributed by atoms with Crippen molar-refractivity contribution in [2.75, 3.05) is 20.3 Å². The minimum atomic E-state index is -0.464. The van der Waals surface area contributed by atoms with Crippen LogP contribution in [0.15, 0.2) is 11.6 Å². The Balaban J connectivity index is 0.000000269. The van der Waals surface area contributed by atoms with Crippen LogP contribution in [0.1, 0.15) is 64.2 Å². The molecule has 0 aromatic rings. The third-order valence-electron chi connectivity index (χ3n) is 5.78. The van der Waals surface area contributed by atoms with Crippen LogP contribution in [0.25, 0.3) is 0 Å². The Morgan fingerprint density at radius 1 is 1.28 bits per heavy atom. The van der Waals surface area contributed by atoms with Crippen LogP contribution >= 0.6 is 0 Å². The lowest BCUT2D eigenvalue weighted by molar-refractivity contribution is -0.140. The largest absolute Gasteiger partial charge is 0.469 e. The number of aliphatic hydroxyl groups is 2. The molecule has 2 aliphatic carbocycles. The molecule has 0 spiro atoms. The van der Waals surface area contributed by atoms with Gasteiger partial charge in [-0.1, -0.05) is 11.6 Å². The first-order valence-corrected chi connectivity index (χ1v) is 9.79. The highest BCUT2D eigenvalue weighted by Gasteiger charge is 2.40. The second kappa shape index (κ2) is 10.9. The predicted molar refractivity (Wildman–Crippen MR) is 95.8 cm³/mol. The van der Waals surface area contributed by atoms with Crippen molar-refractivity contribution < 1.29 is 24.5 Å². The standard InChI is InChI=1S/C15H24O3.C5H10O2/c1-18-15(17)5-3-2-4-11-8-12-6-7-13(10-16)14(12)9-11;6-5-3-1-2-4-7-5/h4,12-14,16H,2-3,5-10H2,1H3;5-6H,1-4H2/b11-4+;/t12-,13?,14+;/m1./s1. The fourth-order valence-electron chi connectivity index (χ4n) is 4.32. The molecule has 3 rings (SSSR count). The van der Waals surface area contributed by atoms with Crippen LogP contribution in [-0.4, -0.2) is 42.8 Å². The van der Waals surface area contributed by atoms with Crippen molar-refractivity contribution in [2.45, 2.75) is 70.5 Å². The van der Waals surface area contributed by atoms with Gasteiger partial charge in [-0.25, -0.2) is 0 Å². The highest BCUT2D eigenvalue weighted by molar-refractivity contribution is 5.69. The summed E-state index contributed by atoms with van der Waals surface area (Å²) < 4.78 is 9.46. The smallest absolute Gasteiger partial charge is 0.305 e. The van der Waals surface area contributed by atoms with E-state index in [4.69, 9.17) is 9.84 Å². The maximum absolute atomic E-state index is 11.0. The zero-order valence-corrected chi connectivity index (χ0v) is 15.5. The number of aliphatic hydroxyl groups excluding tert-OH is 2. The van der Waals surface area contributed by atoms with Crippen molar-refractivity contribution in [3.63, 3.8) is 0 Å². The van der Waals surface area contributed by atoms with Gasteiger partial charge < -0.3 is 19.7 Å². The van der Waals surface area contributed by atoms with E-state index in [0.29, 0.717) is 18.9 Å². The summed E-state index contributed by atoms with van der Waals surface area (Å²) in [6.07, 6.45) is 12.2. The van der Waals surface area contributed by atoms with E-state index < -0.39 is 6.29 Å². The van der Waals surface area contributed by atoms with Crippen molar-refractivity contribution in [1.82, 2.24) is 0 Å². The molecule has 1 saturated heterocycles. The predicted octanol–water partition coefficient (Wildman–Crippen LogP) is 3.19.